The molecule has 0 aromatic carbocycles. The standard InChI is InChI=1S/C11H24N2/c1-6-11(13(5)10(2)3)7-8-12(4)9-11/h10H,6-9H2,1-5H3. The zero-order valence-corrected chi connectivity index (χ0v) is 9.80. The Morgan fingerprint density at radius 2 is 2.08 bits per heavy atom. The normalized spacial score (nSPS) is 30.7. The van der Waals surface area contributed by atoms with E-state index in [0.29, 0.717) is 11.6 Å². The summed E-state index contributed by atoms with van der Waals surface area (Å²) in [5, 5.41) is 0. The van der Waals surface area contributed by atoms with Crippen LogP contribution in [0.25, 0.3) is 0 Å². The molecule has 1 heterocycles. The summed E-state index contributed by atoms with van der Waals surface area (Å²) in [5.74, 6) is 0. The Morgan fingerprint density at radius 1 is 1.46 bits per heavy atom. The van der Waals surface area contributed by atoms with Crippen LogP contribution in [0, 0.1) is 0 Å². The zero-order chi connectivity index (χ0) is 10.1. The van der Waals surface area contributed by atoms with Gasteiger partial charge in [0, 0.05) is 18.1 Å². The Morgan fingerprint density at radius 3 is 2.38 bits per heavy atom. The van der Waals surface area contributed by atoms with Gasteiger partial charge in [0.2, 0.25) is 0 Å². The van der Waals surface area contributed by atoms with Crippen molar-refractivity contribution in [2.75, 3.05) is 27.2 Å². The third kappa shape index (κ3) is 2.05. The number of hydrogen-bond donors (Lipinski definition) is 0. The van der Waals surface area contributed by atoms with Crippen molar-refractivity contribution in [2.45, 2.75) is 45.2 Å². The fraction of sp³-hybridized carbons (Fsp3) is 1.00. The quantitative estimate of drug-likeness (QED) is 0.660. The summed E-state index contributed by atoms with van der Waals surface area (Å²) in [6, 6.07) is 0.659. The Labute approximate surface area is 82.9 Å². The van der Waals surface area contributed by atoms with Crippen molar-refractivity contribution < 1.29 is 0 Å². The molecule has 1 fully saturated rings. The molecule has 0 aromatic rings. The molecule has 0 radical (unpaired) electrons. The maximum Gasteiger partial charge on any atom is 0.0345 e. The SMILES string of the molecule is CCC1(N(C)C(C)C)CCN(C)C1. The highest BCUT2D eigenvalue weighted by Crippen LogP contribution is 2.30. The van der Waals surface area contributed by atoms with Gasteiger partial charge in [-0.15, -0.1) is 0 Å². The first-order valence-electron chi connectivity index (χ1n) is 5.43. The van der Waals surface area contributed by atoms with E-state index in [1.807, 2.05) is 0 Å². The van der Waals surface area contributed by atoms with Gasteiger partial charge in [0.05, 0.1) is 0 Å². The van der Waals surface area contributed by atoms with Crippen LogP contribution in [0.2, 0.25) is 0 Å². The molecule has 1 aliphatic heterocycles. The van der Waals surface area contributed by atoms with Crippen LogP contribution in [0.15, 0.2) is 0 Å². The monoisotopic (exact) mass is 184 g/mol. The molecule has 0 bridgehead atoms. The molecule has 13 heavy (non-hydrogen) atoms. The van der Waals surface area contributed by atoms with E-state index in [-0.39, 0.29) is 0 Å². The average Bonchev–Trinajstić information content (AvgIpc) is 2.47. The van der Waals surface area contributed by atoms with E-state index >= 15 is 0 Å². The lowest BCUT2D eigenvalue weighted by molar-refractivity contribution is 0.0892. The Bertz CT molecular complexity index is 167. The molecule has 0 saturated carbocycles. The van der Waals surface area contributed by atoms with Gasteiger partial charge in [-0.3, -0.25) is 4.90 Å². The van der Waals surface area contributed by atoms with Crippen LogP contribution in [-0.2, 0) is 0 Å². The average molecular weight is 184 g/mol. The summed E-state index contributed by atoms with van der Waals surface area (Å²) in [5.41, 5.74) is 0.447. The lowest BCUT2D eigenvalue weighted by atomic mass is 9.92. The number of likely N-dealkylation sites (tertiary alicyclic amines) is 1. The van der Waals surface area contributed by atoms with E-state index < -0.39 is 0 Å². The summed E-state index contributed by atoms with van der Waals surface area (Å²) >= 11 is 0. The molecule has 1 saturated heterocycles. The van der Waals surface area contributed by atoms with Crippen LogP contribution in [-0.4, -0.2) is 48.6 Å². The molecule has 0 amide bonds. The lowest BCUT2D eigenvalue weighted by Crippen LogP contribution is -2.50. The summed E-state index contributed by atoms with van der Waals surface area (Å²) in [7, 11) is 4.50. The third-order valence-corrected chi connectivity index (χ3v) is 3.70. The summed E-state index contributed by atoms with van der Waals surface area (Å²) in [6.45, 7) is 9.38. The Balaban J connectivity index is 2.70. The highest BCUT2D eigenvalue weighted by Gasteiger charge is 2.39. The molecule has 2 heteroatoms. The predicted molar refractivity (Wildman–Crippen MR) is 58.0 cm³/mol. The minimum absolute atomic E-state index is 0.447. The zero-order valence-electron chi connectivity index (χ0n) is 9.80. The number of hydrogen-bond acceptors (Lipinski definition) is 2. The minimum Gasteiger partial charge on any atom is -0.304 e. The number of nitrogens with zero attached hydrogens (tertiary/aromatic N) is 2. The van der Waals surface area contributed by atoms with Crippen molar-refractivity contribution in [3.8, 4) is 0 Å². The maximum absolute atomic E-state index is 2.55. The van der Waals surface area contributed by atoms with E-state index in [2.05, 4.69) is 44.7 Å². The topological polar surface area (TPSA) is 6.48 Å². The lowest BCUT2D eigenvalue weighted by Gasteiger charge is -2.40. The predicted octanol–water partition coefficient (Wildman–Crippen LogP) is 1.81. The molecule has 0 aliphatic carbocycles. The van der Waals surface area contributed by atoms with E-state index in [1.54, 1.807) is 0 Å². The van der Waals surface area contributed by atoms with Crippen molar-refractivity contribution in [1.82, 2.24) is 9.80 Å². The van der Waals surface area contributed by atoms with Crippen LogP contribution in [0.5, 0.6) is 0 Å². The third-order valence-electron chi connectivity index (χ3n) is 3.70. The highest BCUT2D eigenvalue weighted by atomic mass is 15.3. The van der Waals surface area contributed by atoms with Crippen LogP contribution >= 0.6 is 0 Å². The van der Waals surface area contributed by atoms with Gasteiger partial charge in [-0.25, -0.2) is 0 Å². The molecule has 0 spiro atoms. The van der Waals surface area contributed by atoms with Crippen molar-refractivity contribution in [2.24, 2.45) is 0 Å². The molecule has 0 N–H and O–H groups in total. The molecule has 78 valence electrons. The molecule has 1 aliphatic rings. The van der Waals surface area contributed by atoms with Gasteiger partial charge in [0.25, 0.3) is 0 Å². The van der Waals surface area contributed by atoms with Gasteiger partial charge in [-0.1, -0.05) is 6.92 Å². The molecule has 2 nitrogen and oxygen atoms in total. The van der Waals surface area contributed by atoms with Crippen LogP contribution in [0.4, 0.5) is 0 Å². The van der Waals surface area contributed by atoms with Gasteiger partial charge in [-0.05, 0) is 47.3 Å². The second kappa shape index (κ2) is 3.97. The molecular formula is C11H24N2. The van der Waals surface area contributed by atoms with Gasteiger partial charge in [0.1, 0.15) is 0 Å². The molecule has 1 unspecified atom stereocenters. The highest BCUT2D eigenvalue weighted by molar-refractivity contribution is 4.97. The number of rotatable bonds is 3. The van der Waals surface area contributed by atoms with Crippen molar-refractivity contribution >= 4 is 0 Å². The maximum atomic E-state index is 2.55. The fourth-order valence-electron chi connectivity index (χ4n) is 2.43. The summed E-state index contributed by atoms with van der Waals surface area (Å²) in [4.78, 5) is 5.00. The second-order valence-electron chi connectivity index (χ2n) is 4.77. The van der Waals surface area contributed by atoms with E-state index in [4.69, 9.17) is 0 Å². The largest absolute Gasteiger partial charge is 0.304 e. The first-order valence-corrected chi connectivity index (χ1v) is 5.43. The van der Waals surface area contributed by atoms with Crippen molar-refractivity contribution in [1.29, 1.82) is 0 Å². The molecular weight excluding hydrogens is 160 g/mol. The Hall–Kier alpha value is -0.0800. The van der Waals surface area contributed by atoms with E-state index in [9.17, 15) is 0 Å². The van der Waals surface area contributed by atoms with Crippen molar-refractivity contribution in [3.63, 3.8) is 0 Å². The van der Waals surface area contributed by atoms with Crippen LogP contribution < -0.4 is 0 Å². The van der Waals surface area contributed by atoms with Crippen molar-refractivity contribution in [3.05, 3.63) is 0 Å². The molecule has 1 rings (SSSR count). The summed E-state index contributed by atoms with van der Waals surface area (Å²) < 4.78 is 0. The molecule has 0 aromatic heterocycles. The van der Waals surface area contributed by atoms with E-state index in [0.717, 1.165) is 0 Å². The summed E-state index contributed by atoms with van der Waals surface area (Å²) in [6.07, 6.45) is 2.60. The van der Waals surface area contributed by atoms with Gasteiger partial charge in [0.15, 0.2) is 0 Å². The first kappa shape index (κ1) is 11.0. The van der Waals surface area contributed by atoms with Crippen LogP contribution in [0.1, 0.15) is 33.6 Å². The van der Waals surface area contributed by atoms with Gasteiger partial charge < -0.3 is 4.90 Å². The fourth-order valence-corrected chi connectivity index (χ4v) is 2.43. The van der Waals surface area contributed by atoms with Crippen LogP contribution in [0.3, 0.4) is 0 Å². The van der Waals surface area contributed by atoms with Gasteiger partial charge in [-0.2, -0.15) is 0 Å². The first-order chi connectivity index (χ1) is 6.02. The van der Waals surface area contributed by atoms with E-state index in [1.165, 1.54) is 25.9 Å². The minimum atomic E-state index is 0.447. The number of likely N-dealkylation sites (N-methyl/N-ethyl adjacent to an activating group) is 2. The smallest absolute Gasteiger partial charge is 0.0345 e. The second-order valence-corrected chi connectivity index (χ2v) is 4.77. The van der Waals surface area contributed by atoms with Gasteiger partial charge >= 0.3 is 0 Å². The Kier molecular flexibility index (Phi) is 3.36. The molecule has 1 atom stereocenters.